The topological polar surface area (TPSA) is 76.4 Å². The number of nitrogens with two attached hydrogens (primary N) is 2. The van der Waals surface area contributed by atoms with Crippen molar-refractivity contribution in [3.63, 3.8) is 0 Å². The van der Waals surface area contributed by atoms with E-state index in [9.17, 15) is 0 Å². The molecule has 1 heterocycles. The van der Waals surface area contributed by atoms with Crippen LogP contribution in [-0.4, -0.2) is 5.84 Å². The van der Waals surface area contributed by atoms with Gasteiger partial charge >= 0.3 is 0 Å². The molecule has 60 valence electrons. The van der Waals surface area contributed by atoms with E-state index in [0.717, 1.165) is 4.88 Å². The first kappa shape index (κ1) is 8.03. The largest absolute Gasteiger partial charge is 0.321 e. The quantitative estimate of drug-likeness (QED) is 0.243. The van der Waals surface area contributed by atoms with Crippen molar-refractivity contribution in [1.29, 1.82) is 0 Å². The maximum atomic E-state index is 5.17. The highest BCUT2D eigenvalue weighted by Gasteiger charge is 2.02. The zero-order valence-corrected chi connectivity index (χ0v) is 6.98. The number of nitrogens with one attached hydrogen (secondary N) is 1. The number of nitrogens with zero attached hydrogens (tertiary/aromatic N) is 1. The van der Waals surface area contributed by atoms with Crippen molar-refractivity contribution in [2.75, 3.05) is 0 Å². The van der Waals surface area contributed by atoms with Crippen molar-refractivity contribution in [2.24, 2.45) is 16.8 Å². The summed E-state index contributed by atoms with van der Waals surface area (Å²) in [4.78, 5) is 2.16. The van der Waals surface area contributed by atoms with E-state index >= 15 is 0 Å². The molecule has 1 aromatic rings. The number of hydrogen-bond donors (Lipinski definition) is 3. The third-order valence-corrected chi connectivity index (χ3v) is 2.25. The lowest BCUT2D eigenvalue weighted by Gasteiger charge is -1.97. The molecular formula is C6H10N4S. The molecule has 0 atom stereocenters. The molecule has 0 aliphatic heterocycles. The summed E-state index contributed by atoms with van der Waals surface area (Å²) in [6.45, 7) is 2.01. The lowest BCUT2D eigenvalue weighted by Crippen LogP contribution is -2.31. The third-order valence-electron chi connectivity index (χ3n) is 1.24. The van der Waals surface area contributed by atoms with Gasteiger partial charge in [0.1, 0.15) is 0 Å². The minimum atomic E-state index is 0.517. The van der Waals surface area contributed by atoms with Crippen LogP contribution in [-0.2, 0) is 0 Å². The SMILES string of the molecule is Cc1ccc(/C(=N/N)NN)s1. The summed E-state index contributed by atoms with van der Waals surface area (Å²) in [5, 5.41) is 3.48. The van der Waals surface area contributed by atoms with Gasteiger partial charge in [-0.25, -0.2) is 5.84 Å². The summed E-state index contributed by atoms with van der Waals surface area (Å²) in [6, 6.07) is 3.91. The minimum absolute atomic E-state index is 0.517. The predicted octanol–water partition coefficient (Wildman–Crippen LogP) is 0.140. The molecule has 0 radical (unpaired) electrons. The molecule has 1 rings (SSSR count). The smallest absolute Gasteiger partial charge is 0.176 e. The Bertz CT molecular complexity index is 265. The van der Waals surface area contributed by atoms with E-state index in [1.807, 2.05) is 19.1 Å². The standard InChI is InChI=1S/C6H10N4S/c1-4-2-3-5(11-4)6(9-7)10-8/h2-3H,7-8H2,1H3,(H,9,10). The Labute approximate surface area is 68.9 Å². The Kier molecular flexibility index (Phi) is 2.45. The number of amidine groups is 1. The van der Waals surface area contributed by atoms with E-state index in [2.05, 4.69) is 10.5 Å². The second-order valence-corrected chi connectivity index (χ2v) is 3.32. The highest BCUT2D eigenvalue weighted by atomic mass is 32.1. The van der Waals surface area contributed by atoms with E-state index in [0.29, 0.717) is 5.84 Å². The van der Waals surface area contributed by atoms with Crippen LogP contribution in [0.2, 0.25) is 0 Å². The first-order chi connectivity index (χ1) is 5.27. The maximum Gasteiger partial charge on any atom is 0.176 e. The van der Waals surface area contributed by atoms with Gasteiger partial charge in [-0.1, -0.05) is 0 Å². The molecule has 0 unspecified atom stereocenters. The highest BCUT2D eigenvalue weighted by Crippen LogP contribution is 2.14. The predicted molar refractivity (Wildman–Crippen MR) is 47.1 cm³/mol. The van der Waals surface area contributed by atoms with Gasteiger partial charge in [-0.3, -0.25) is 0 Å². The summed E-state index contributed by atoms with van der Waals surface area (Å²) in [5.41, 5.74) is 2.42. The first-order valence-electron chi connectivity index (χ1n) is 3.09. The second kappa shape index (κ2) is 3.36. The Hall–Kier alpha value is -1.07. The molecule has 1 aromatic heterocycles. The van der Waals surface area contributed by atoms with Crippen LogP contribution in [0.15, 0.2) is 17.2 Å². The van der Waals surface area contributed by atoms with E-state index in [1.54, 1.807) is 11.3 Å². The van der Waals surface area contributed by atoms with Gasteiger partial charge in [0, 0.05) is 4.88 Å². The normalized spacial score (nSPS) is 11.6. The Morgan fingerprint density at radius 2 is 2.36 bits per heavy atom. The zero-order valence-electron chi connectivity index (χ0n) is 6.16. The molecule has 0 spiro atoms. The van der Waals surface area contributed by atoms with Crippen LogP contribution in [0.25, 0.3) is 0 Å². The van der Waals surface area contributed by atoms with Gasteiger partial charge in [-0.15, -0.1) is 11.3 Å². The molecule has 0 saturated heterocycles. The number of rotatable bonds is 1. The molecule has 0 amide bonds. The molecule has 0 aliphatic rings. The number of thiophene rings is 1. The molecule has 0 saturated carbocycles. The van der Waals surface area contributed by atoms with Crippen LogP contribution < -0.4 is 17.1 Å². The molecule has 0 bridgehead atoms. The summed E-state index contributed by atoms with van der Waals surface area (Å²) in [7, 11) is 0. The Morgan fingerprint density at radius 1 is 1.64 bits per heavy atom. The number of hydrazone groups is 1. The summed E-state index contributed by atoms with van der Waals surface area (Å²) in [5.74, 6) is 10.8. The Morgan fingerprint density at radius 3 is 2.73 bits per heavy atom. The summed E-state index contributed by atoms with van der Waals surface area (Å²) in [6.07, 6.45) is 0. The molecule has 0 fully saturated rings. The van der Waals surface area contributed by atoms with Crippen molar-refractivity contribution in [2.45, 2.75) is 6.92 Å². The molecule has 0 aliphatic carbocycles. The zero-order chi connectivity index (χ0) is 8.27. The minimum Gasteiger partial charge on any atom is -0.321 e. The van der Waals surface area contributed by atoms with Gasteiger partial charge in [-0.2, -0.15) is 5.10 Å². The van der Waals surface area contributed by atoms with Crippen molar-refractivity contribution in [1.82, 2.24) is 5.43 Å². The van der Waals surface area contributed by atoms with E-state index in [1.165, 1.54) is 4.88 Å². The van der Waals surface area contributed by atoms with Crippen LogP contribution in [0, 0.1) is 6.92 Å². The summed E-state index contributed by atoms with van der Waals surface area (Å²) < 4.78 is 0. The molecular weight excluding hydrogens is 160 g/mol. The second-order valence-electron chi connectivity index (χ2n) is 2.03. The van der Waals surface area contributed by atoms with Gasteiger partial charge in [-0.05, 0) is 19.1 Å². The van der Waals surface area contributed by atoms with Gasteiger partial charge < -0.3 is 11.3 Å². The van der Waals surface area contributed by atoms with E-state index in [4.69, 9.17) is 11.7 Å². The van der Waals surface area contributed by atoms with E-state index < -0.39 is 0 Å². The average molecular weight is 170 g/mol. The number of hydrogen-bond acceptors (Lipinski definition) is 4. The van der Waals surface area contributed by atoms with Crippen LogP contribution in [0.3, 0.4) is 0 Å². The van der Waals surface area contributed by atoms with Crippen molar-refractivity contribution in [3.05, 3.63) is 21.9 Å². The van der Waals surface area contributed by atoms with Gasteiger partial charge in [0.15, 0.2) is 5.84 Å². The van der Waals surface area contributed by atoms with Crippen LogP contribution >= 0.6 is 11.3 Å². The van der Waals surface area contributed by atoms with Gasteiger partial charge in [0.05, 0.1) is 4.88 Å². The molecule has 0 aromatic carbocycles. The fraction of sp³-hybridized carbons (Fsp3) is 0.167. The lowest BCUT2D eigenvalue weighted by molar-refractivity contribution is 1.01. The fourth-order valence-electron chi connectivity index (χ4n) is 0.734. The molecule has 5 heteroatoms. The van der Waals surface area contributed by atoms with Crippen molar-refractivity contribution >= 4 is 17.2 Å². The first-order valence-corrected chi connectivity index (χ1v) is 3.91. The lowest BCUT2D eigenvalue weighted by atomic mass is 10.4. The third kappa shape index (κ3) is 1.69. The monoisotopic (exact) mass is 170 g/mol. The van der Waals surface area contributed by atoms with Gasteiger partial charge in [0.2, 0.25) is 0 Å². The van der Waals surface area contributed by atoms with Crippen molar-refractivity contribution < 1.29 is 0 Å². The summed E-state index contributed by atoms with van der Waals surface area (Å²) >= 11 is 1.59. The highest BCUT2D eigenvalue weighted by molar-refractivity contribution is 7.14. The van der Waals surface area contributed by atoms with Crippen molar-refractivity contribution in [3.8, 4) is 0 Å². The van der Waals surface area contributed by atoms with Crippen LogP contribution in [0.4, 0.5) is 0 Å². The fourth-order valence-corrected chi connectivity index (χ4v) is 1.56. The van der Waals surface area contributed by atoms with Crippen LogP contribution in [0.1, 0.15) is 9.75 Å². The Balaban J connectivity index is 2.91. The molecule has 5 N–H and O–H groups in total. The van der Waals surface area contributed by atoms with Crippen LogP contribution in [0.5, 0.6) is 0 Å². The van der Waals surface area contributed by atoms with Gasteiger partial charge in [0.25, 0.3) is 0 Å². The molecule has 4 nitrogen and oxygen atoms in total. The maximum absolute atomic E-state index is 5.17. The average Bonchev–Trinajstić information content (AvgIpc) is 2.39. The number of aryl methyl sites for hydroxylation is 1. The van der Waals surface area contributed by atoms with E-state index in [-0.39, 0.29) is 0 Å². The molecule has 11 heavy (non-hydrogen) atoms. The number of hydrazine groups is 1.